The van der Waals surface area contributed by atoms with Crippen LogP contribution in [0, 0.1) is 12.8 Å². The number of carbonyl (C=O) groups excluding carboxylic acids is 1. The number of amides is 1. The number of hydrogen-bond acceptors (Lipinski definition) is 4. The molecule has 0 saturated carbocycles. The molecule has 1 aromatic carbocycles. The minimum Gasteiger partial charge on any atom is -0.351 e. The molecule has 0 aliphatic carbocycles. The van der Waals surface area contributed by atoms with Gasteiger partial charge in [0.25, 0.3) is 5.91 Å². The van der Waals surface area contributed by atoms with Gasteiger partial charge in [-0.25, -0.2) is 0 Å². The third-order valence-corrected chi connectivity index (χ3v) is 3.84. The third-order valence-electron chi connectivity index (χ3n) is 3.43. The van der Waals surface area contributed by atoms with Crippen molar-refractivity contribution in [1.82, 2.24) is 15.5 Å². The monoisotopic (exact) mass is 332 g/mol. The Morgan fingerprint density at radius 1 is 1.22 bits per heavy atom. The maximum absolute atomic E-state index is 11.9. The van der Waals surface area contributed by atoms with Crippen molar-refractivity contribution in [2.45, 2.75) is 27.2 Å². The van der Waals surface area contributed by atoms with Crippen molar-refractivity contribution in [3.05, 3.63) is 46.6 Å². The maximum atomic E-state index is 11.9. The molecule has 0 spiro atoms. The largest absolute Gasteiger partial charge is 0.351 e. The van der Waals surface area contributed by atoms with Gasteiger partial charge in [0.1, 0.15) is 0 Å². The molecule has 2 rings (SSSR count). The minimum atomic E-state index is -0.205. The molecule has 6 heteroatoms. The van der Waals surface area contributed by atoms with E-state index in [9.17, 15) is 4.79 Å². The smallest absolute Gasteiger partial charge is 0.271 e. The molecule has 0 fully saturated rings. The van der Waals surface area contributed by atoms with Crippen molar-refractivity contribution in [2.75, 3.05) is 11.9 Å². The van der Waals surface area contributed by atoms with E-state index in [1.165, 1.54) is 0 Å². The molecule has 0 atom stereocenters. The van der Waals surface area contributed by atoms with Crippen molar-refractivity contribution >= 4 is 29.0 Å². The summed E-state index contributed by atoms with van der Waals surface area (Å²) in [6.07, 6.45) is 0.937. The molecular formula is C17H21ClN4O. The van der Waals surface area contributed by atoms with Crippen LogP contribution in [-0.4, -0.2) is 22.6 Å². The number of carbonyl (C=O) groups is 1. The summed E-state index contributed by atoms with van der Waals surface area (Å²) in [6.45, 7) is 6.79. The van der Waals surface area contributed by atoms with Crippen molar-refractivity contribution in [3.8, 4) is 0 Å². The topological polar surface area (TPSA) is 66.9 Å². The van der Waals surface area contributed by atoms with Crippen LogP contribution in [-0.2, 0) is 0 Å². The number of halogens is 1. The summed E-state index contributed by atoms with van der Waals surface area (Å²) in [6, 6.07) is 8.99. The Morgan fingerprint density at radius 3 is 2.65 bits per heavy atom. The highest BCUT2D eigenvalue weighted by molar-refractivity contribution is 6.31. The third kappa shape index (κ3) is 4.93. The van der Waals surface area contributed by atoms with Crippen molar-refractivity contribution in [3.63, 3.8) is 0 Å². The van der Waals surface area contributed by atoms with E-state index in [1.54, 1.807) is 12.1 Å². The van der Waals surface area contributed by atoms with E-state index >= 15 is 0 Å². The van der Waals surface area contributed by atoms with Gasteiger partial charge < -0.3 is 10.6 Å². The Kier molecular flexibility index (Phi) is 5.93. The second-order valence-electron chi connectivity index (χ2n) is 5.78. The van der Waals surface area contributed by atoms with Gasteiger partial charge in [0.2, 0.25) is 0 Å². The number of anilines is 2. The lowest BCUT2D eigenvalue weighted by molar-refractivity contribution is 0.0946. The molecular weight excluding hydrogens is 312 g/mol. The van der Waals surface area contributed by atoms with Crippen LogP contribution in [0.1, 0.15) is 36.3 Å². The van der Waals surface area contributed by atoms with E-state index in [2.05, 4.69) is 34.7 Å². The molecule has 1 aromatic heterocycles. The Morgan fingerprint density at radius 2 is 2.00 bits per heavy atom. The summed E-state index contributed by atoms with van der Waals surface area (Å²) in [5.41, 5.74) is 2.11. The summed E-state index contributed by atoms with van der Waals surface area (Å²) in [5, 5.41) is 14.7. The summed E-state index contributed by atoms with van der Waals surface area (Å²) >= 11 is 6.09. The van der Waals surface area contributed by atoms with Gasteiger partial charge in [-0.2, -0.15) is 0 Å². The lowest BCUT2D eigenvalue weighted by Gasteiger charge is -2.10. The van der Waals surface area contributed by atoms with Crippen LogP contribution in [0.5, 0.6) is 0 Å². The minimum absolute atomic E-state index is 0.205. The number of rotatable bonds is 6. The second kappa shape index (κ2) is 7.92. The van der Waals surface area contributed by atoms with Gasteiger partial charge in [-0.05, 0) is 49.1 Å². The lowest BCUT2D eigenvalue weighted by atomic mass is 10.1. The van der Waals surface area contributed by atoms with E-state index in [-0.39, 0.29) is 5.91 Å². The lowest BCUT2D eigenvalue weighted by Crippen LogP contribution is -2.26. The fraction of sp³-hybridized carbons (Fsp3) is 0.353. The zero-order valence-electron chi connectivity index (χ0n) is 13.6. The average molecular weight is 333 g/mol. The molecule has 1 amide bonds. The van der Waals surface area contributed by atoms with Crippen molar-refractivity contribution < 1.29 is 4.79 Å². The van der Waals surface area contributed by atoms with Gasteiger partial charge in [-0.3, -0.25) is 4.79 Å². The van der Waals surface area contributed by atoms with Crippen molar-refractivity contribution in [1.29, 1.82) is 0 Å². The number of nitrogens with zero attached hydrogens (tertiary/aromatic N) is 2. The molecule has 2 N–H and O–H groups in total. The Hall–Kier alpha value is -2.14. The van der Waals surface area contributed by atoms with Gasteiger partial charge in [-0.1, -0.05) is 31.5 Å². The first kappa shape index (κ1) is 17.2. The zero-order valence-corrected chi connectivity index (χ0v) is 14.3. The van der Waals surface area contributed by atoms with E-state index in [1.807, 2.05) is 25.1 Å². The normalized spacial score (nSPS) is 10.7. The van der Waals surface area contributed by atoms with E-state index in [4.69, 9.17) is 11.6 Å². The predicted molar refractivity (Wildman–Crippen MR) is 93.3 cm³/mol. The molecule has 0 aliphatic heterocycles. The molecule has 0 saturated heterocycles. The van der Waals surface area contributed by atoms with Gasteiger partial charge in [0, 0.05) is 17.3 Å². The highest BCUT2D eigenvalue weighted by atomic mass is 35.5. The Labute approximate surface area is 141 Å². The van der Waals surface area contributed by atoms with E-state index in [0.29, 0.717) is 29.0 Å². The first-order valence-corrected chi connectivity index (χ1v) is 7.99. The first-order chi connectivity index (χ1) is 11.0. The average Bonchev–Trinajstić information content (AvgIpc) is 2.52. The van der Waals surface area contributed by atoms with Gasteiger partial charge in [0.05, 0.1) is 0 Å². The molecule has 2 aromatic rings. The highest BCUT2D eigenvalue weighted by Gasteiger charge is 2.09. The number of aromatic nitrogens is 2. The van der Waals surface area contributed by atoms with Crippen LogP contribution in [0.3, 0.4) is 0 Å². The number of nitrogens with one attached hydrogen (secondary N) is 2. The van der Waals surface area contributed by atoms with E-state index in [0.717, 1.165) is 17.7 Å². The Bertz CT molecular complexity index is 671. The fourth-order valence-electron chi connectivity index (χ4n) is 1.97. The van der Waals surface area contributed by atoms with Gasteiger partial charge in [-0.15, -0.1) is 10.2 Å². The fourth-order valence-corrected chi connectivity index (χ4v) is 2.14. The van der Waals surface area contributed by atoms with Crippen LogP contribution in [0.25, 0.3) is 0 Å². The van der Waals surface area contributed by atoms with Gasteiger partial charge in [0.15, 0.2) is 11.5 Å². The standard InChI is InChI=1S/C17H21ClN4O/c1-11(2)9-10-19-17(23)15-7-8-16(22-21-15)20-14-6-4-5-13(18)12(14)3/h4-8,11H,9-10H2,1-3H3,(H,19,23)(H,20,22). The molecule has 0 bridgehead atoms. The predicted octanol–water partition coefficient (Wildman–Crippen LogP) is 3.96. The van der Waals surface area contributed by atoms with E-state index < -0.39 is 0 Å². The quantitative estimate of drug-likeness (QED) is 0.840. The summed E-state index contributed by atoms with van der Waals surface area (Å²) in [4.78, 5) is 11.9. The second-order valence-corrected chi connectivity index (χ2v) is 6.19. The molecule has 0 aliphatic rings. The molecule has 1 heterocycles. The molecule has 0 radical (unpaired) electrons. The zero-order chi connectivity index (χ0) is 16.8. The summed E-state index contributed by atoms with van der Waals surface area (Å²) in [5.74, 6) is 0.909. The maximum Gasteiger partial charge on any atom is 0.271 e. The number of benzene rings is 1. The van der Waals surface area contributed by atoms with Gasteiger partial charge >= 0.3 is 0 Å². The SMILES string of the molecule is Cc1c(Cl)cccc1Nc1ccc(C(=O)NCCC(C)C)nn1. The first-order valence-electron chi connectivity index (χ1n) is 7.61. The summed E-state index contributed by atoms with van der Waals surface area (Å²) < 4.78 is 0. The van der Waals surface area contributed by atoms with Crippen LogP contribution in [0.2, 0.25) is 5.02 Å². The van der Waals surface area contributed by atoms with Crippen LogP contribution < -0.4 is 10.6 Å². The van der Waals surface area contributed by atoms with Crippen molar-refractivity contribution in [2.24, 2.45) is 5.92 Å². The van der Waals surface area contributed by atoms with Crippen LogP contribution in [0.4, 0.5) is 11.5 Å². The molecule has 0 unspecified atom stereocenters. The number of hydrogen-bond donors (Lipinski definition) is 2. The van der Waals surface area contributed by atoms with Crippen LogP contribution >= 0.6 is 11.6 Å². The Balaban J connectivity index is 1.99. The molecule has 5 nitrogen and oxygen atoms in total. The van der Waals surface area contributed by atoms with Crippen LogP contribution in [0.15, 0.2) is 30.3 Å². The summed E-state index contributed by atoms with van der Waals surface area (Å²) in [7, 11) is 0. The molecule has 122 valence electrons. The highest BCUT2D eigenvalue weighted by Crippen LogP contribution is 2.25. The molecule has 23 heavy (non-hydrogen) atoms.